The summed E-state index contributed by atoms with van der Waals surface area (Å²) in [5.74, 6) is -1.31. The van der Waals surface area contributed by atoms with E-state index < -0.39 is 22.8 Å². The molecule has 1 aromatic heterocycles. The molecule has 2 aromatic carbocycles. The van der Waals surface area contributed by atoms with Crippen LogP contribution in [-0.2, 0) is 16.0 Å². The molecule has 0 aliphatic carbocycles. The highest BCUT2D eigenvalue weighted by Crippen LogP contribution is 2.37. The van der Waals surface area contributed by atoms with Gasteiger partial charge in [0.1, 0.15) is 21.6 Å². The number of imide groups is 2. The highest BCUT2D eigenvalue weighted by atomic mass is 79.9. The second-order valence-corrected chi connectivity index (χ2v) is 8.43. The average molecular weight is 545 g/mol. The molecule has 3 aromatic rings. The lowest BCUT2D eigenvalue weighted by molar-refractivity contribution is -0.385. The number of carbonyl (C=O) groups excluding carboxylic acids is 3. The van der Waals surface area contributed by atoms with Crippen molar-refractivity contribution in [3.05, 3.63) is 85.0 Å². The lowest BCUT2D eigenvalue weighted by Crippen LogP contribution is -2.54. The Morgan fingerprint density at radius 1 is 1.15 bits per heavy atom. The predicted octanol–water partition coefficient (Wildman–Crippen LogP) is 5.50. The lowest BCUT2D eigenvalue weighted by Gasteiger charge is -2.26. The topological polar surface area (TPSA) is 123 Å². The Morgan fingerprint density at radius 2 is 1.85 bits per heavy atom. The number of halogens is 2. The Morgan fingerprint density at radius 3 is 2.50 bits per heavy atom. The molecule has 34 heavy (non-hydrogen) atoms. The first-order valence-electron chi connectivity index (χ1n) is 9.93. The van der Waals surface area contributed by atoms with Crippen molar-refractivity contribution in [2.75, 3.05) is 4.90 Å². The van der Waals surface area contributed by atoms with E-state index in [4.69, 9.17) is 16.0 Å². The first-order valence-corrected chi connectivity index (χ1v) is 11.1. The SMILES string of the molecule is CCc1ccc(N2C(=O)NC(=O)/C(=C/c3ccc(-c4cc(Cl)c(Br)c([N+](=O)[O-])c4)o3)C2=O)cc1. The number of benzene rings is 2. The molecule has 0 bridgehead atoms. The van der Waals surface area contributed by atoms with E-state index in [0.717, 1.165) is 16.9 Å². The minimum absolute atomic E-state index is 0.116. The van der Waals surface area contributed by atoms with Crippen LogP contribution < -0.4 is 10.2 Å². The highest BCUT2D eigenvalue weighted by Gasteiger charge is 2.37. The number of nitrogens with one attached hydrogen (secondary N) is 1. The van der Waals surface area contributed by atoms with Crippen LogP contribution in [0.15, 0.2) is 63.0 Å². The molecule has 0 radical (unpaired) electrons. The van der Waals surface area contributed by atoms with Crippen LogP contribution in [0.2, 0.25) is 5.02 Å². The number of rotatable bonds is 5. The van der Waals surface area contributed by atoms with E-state index in [0.29, 0.717) is 11.3 Å². The highest BCUT2D eigenvalue weighted by molar-refractivity contribution is 9.10. The zero-order chi connectivity index (χ0) is 24.6. The van der Waals surface area contributed by atoms with E-state index in [1.807, 2.05) is 6.92 Å². The van der Waals surface area contributed by atoms with Crippen molar-refractivity contribution < 1.29 is 23.7 Å². The Hall–Kier alpha value is -3.76. The summed E-state index contributed by atoms with van der Waals surface area (Å²) >= 11 is 9.16. The number of hydrogen-bond acceptors (Lipinski definition) is 6. The molecule has 1 saturated heterocycles. The zero-order valence-electron chi connectivity index (χ0n) is 17.5. The number of carbonyl (C=O) groups is 3. The third-order valence-corrected chi connectivity index (χ3v) is 6.47. The monoisotopic (exact) mass is 543 g/mol. The molecule has 1 fully saturated rings. The molecule has 1 aliphatic heterocycles. The third kappa shape index (κ3) is 4.37. The smallest absolute Gasteiger partial charge is 0.335 e. The van der Waals surface area contributed by atoms with Crippen molar-refractivity contribution in [1.82, 2.24) is 5.32 Å². The predicted molar refractivity (Wildman–Crippen MR) is 128 cm³/mol. The van der Waals surface area contributed by atoms with Crippen molar-refractivity contribution in [3.8, 4) is 11.3 Å². The first-order chi connectivity index (χ1) is 16.2. The van der Waals surface area contributed by atoms with Gasteiger partial charge in [-0.1, -0.05) is 30.7 Å². The van der Waals surface area contributed by atoms with Gasteiger partial charge in [-0.05, 0) is 64.3 Å². The molecular formula is C23H15BrClN3O6. The molecule has 0 unspecified atom stereocenters. The van der Waals surface area contributed by atoms with Crippen molar-refractivity contribution in [3.63, 3.8) is 0 Å². The van der Waals surface area contributed by atoms with E-state index in [2.05, 4.69) is 21.2 Å². The van der Waals surface area contributed by atoms with E-state index >= 15 is 0 Å². The third-order valence-electron chi connectivity index (χ3n) is 5.11. The van der Waals surface area contributed by atoms with Gasteiger partial charge >= 0.3 is 6.03 Å². The second kappa shape index (κ2) is 9.24. The number of nitro benzene ring substituents is 1. The van der Waals surface area contributed by atoms with Crippen LogP contribution in [0.5, 0.6) is 0 Å². The molecular weight excluding hydrogens is 530 g/mol. The van der Waals surface area contributed by atoms with Gasteiger partial charge in [0.05, 0.1) is 15.6 Å². The van der Waals surface area contributed by atoms with Crippen LogP contribution in [-0.4, -0.2) is 22.8 Å². The van der Waals surface area contributed by atoms with Crippen LogP contribution in [0, 0.1) is 10.1 Å². The van der Waals surface area contributed by atoms with Crippen molar-refractivity contribution in [2.45, 2.75) is 13.3 Å². The second-order valence-electron chi connectivity index (χ2n) is 7.23. The number of urea groups is 1. The number of barbiturate groups is 1. The molecule has 1 aliphatic rings. The largest absolute Gasteiger partial charge is 0.457 e. The van der Waals surface area contributed by atoms with Crippen LogP contribution in [0.1, 0.15) is 18.2 Å². The van der Waals surface area contributed by atoms with E-state index in [-0.39, 0.29) is 32.3 Å². The van der Waals surface area contributed by atoms with Gasteiger partial charge in [0.2, 0.25) is 0 Å². The Bertz CT molecular complexity index is 1380. The maximum absolute atomic E-state index is 13.0. The number of nitrogens with zero attached hydrogens (tertiary/aromatic N) is 2. The quantitative estimate of drug-likeness (QED) is 0.196. The maximum atomic E-state index is 13.0. The zero-order valence-corrected chi connectivity index (χ0v) is 19.8. The fourth-order valence-corrected chi connectivity index (χ4v) is 3.94. The minimum Gasteiger partial charge on any atom is -0.457 e. The van der Waals surface area contributed by atoms with Crippen LogP contribution in [0.25, 0.3) is 17.4 Å². The summed E-state index contributed by atoms with van der Waals surface area (Å²) in [6.45, 7) is 1.98. The minimum atomic E-state index is -0.864. The first kappa shape index (κ1) is 23.4. The maximum Gasteiger partial charge on any atom is 0.335 e. The summed E-state index contributed by atoms with van der Waals surface area (Å²) in [6.07, 6.45) is 1.99. The average Bonchev–Trinajstić information content (AvgIpc) is 3.27. The molecule has 9 nitrogen and oxygen atoms in total. The molecule has 2 heterocycles. The molecule has 172 valence electrons. The van der Waals surface area contributed by atoms with Crippen LogP contribution >= 0.6 is 27.5 Å². The summed E-state index contributed by atoms with van der Waals surface area (Å²) in [5, 5.41) is 13.5. The fraction of sp³-hybridized carbons (Fsp3) is 0.0870. The molecule has 4 rings (SSSR count). The van der Waals surface area contributed by atoms with Gasteiger partial charge in [-0.3, -0.25) is 25.0 Å². The Kier molecular flexibility index (Phi) is 6.36. The number of nitro groups is 1. The number of amides is 4. The molecule has 0 atom stereocenters. The van der Waals surface area contributed by atoms with Gasteiger partial charge in [-0.15, -0.1) is 0 Å². The van der Waals surface area contributed by atoms with Crippen LogP contribution in [0.4, 0.5) is 16.2 Å². The van der Waals surface area contributed by atoms with E-state index in [1.165, 1.54) is 30.3 Å². The number of aryl methyl sites for hydroxylation is 1. The number of furan rings is 1. The van der Waals surface area contributed by atoms with Crippen molar-refractivity contribution in [1.29, 1.82) is 0 Å². The summed E-state index contributed by atoms with van der Waals surface area (Å²) in [7, 11) is 0. The fourth-order valence-electron chi connectivity index (χ4n) is 3.35. The van der Waals surface area contributed by atoms with E-state index in [1.54, 1.807) is 24.3 Å². The van der Waals surface area contributed by atoms with Gasteiger partial charge in [0.25, 0.3) is 17.5 Å². The molecule has 0 spiro atoms. The standard InChI is InChI=1S/C23H15BrClN3O6/c1-2-12-3-5-14(6-4-12)27-22(30)16(21(29)26-23(27)31)11-15-7-8-19(34-15)13-9-17(25)20(24)18(10-13)28(32)33/h3-11H,2H2,1H3,(H,26,29,31)/b16-11-. The summed E-state index contributed by atoms with van der Waals surface area (Å²) in [5.41, 5.74) is 1.12. The summed E-state index contributed by atoms with van der Waals surface area (Å²) < 4.78 is 5.83. The lowest BCUT2D eigenvalue weighted by atomic mass is 10.1. The molecule has 0 saturated carbocycles. The Balaban J connectivity index is 1.68. The Labute approximate surface area is 206 Å². The summed E-state index contributed by atoms with van der Waals surface area (Å²) in [6, 6.07) is 11.7. The van der Waals surface area contributed by atoms with Gasteiger partial charge in [0, 0.05) is 11.6 Å². The molecule has 4 amide bonds. The van der Waals surface area contributed by atoms with Gasteiger partial charge in [-0.2, -0.15) is 0 Å². The number of hydrogen-bond donors (Lipinski definition) is 1. The van der Waals surface area contributed by atoms with E-state index in [9.17, 15) is 24.5 Å². The number of anilines is 1. The van der Waals surface area contributed by atoms with Gasteiger partial charge in [0.15, 0.2) is 0 Å². The van der Waals surface area contributed by atoms with Gasteiger partial charge in [-0.25, -0.2) is 9.69 Å². The molecule has 11 heteroatoms. The van der Waals surface area contributed by atoms with Crippen molar-refractivity contribution >= 4 is 62.8 Å². The van der Waals surface area contributed by atoms with Crippen LogP contribution in [0.3, 0.4) is 0 Å². The van der Waals surface area contributed by atoms with Crippen molar-refractivity contribution in [2.24, 2.45) is 0 Å². The normalized spacial score (nSPS) is 15.1. The summed E-state index contributed by atoms with van der Waals surface area (Å²) in [4.78, 5) is 49.3. The van der Waals surface area contributed by atoms with Gasteiger partial charge < -0.3 is 4.42 Å². The molecule has 1 N–H and O–H groups in total.